The predicted octanol–water partition coefficient (Wildman–Crippen LogP) is 0.146. The summed E-state index contributed by atoms with van der Waals surface area (Å²) in [5.74, 6) is -2.04. The topological polar surface area (TPSA) is 148 Å². The van der Waals surface area contributed by atoms with E-state index in [9.17, 15) is 28.2 Å². The number of halogens is 1. The molecule has 1 aliphatic rings. The third-order valence-electron chi connectivity index (χ3n) is 5.53. The third-order valence-corrected chi connectivity index (χ3v) is 7.43. The summed E-state index contributed by atoms with van der Waals surface area (Å²) < 4.78 is 36.2. The Labute approximate surface area is 226 Å². The minimum Gasteiger partial charge on any atom is -1.00 e. The maximum Gasteiger partial charge on any atom is 1.00 e. The number of benzene rings is 1. The van der Waals surface area contributed by atoms with Crippen LogP contribution in [0, 0.1) is 5.82 Å². The molecule has 5 N–H and O–H groups in total. The van der Waals surface area contributed by atoms with Gasteiger partial charge in [0.1, 0.15) is 11.3 Å². The first-order valence-electron chi connectivity index (χ1n) is 10.5. The van der Waals surface area contributed by atoms with Crippen molar-refractivity contribution >= 4 is 39.3 Å². The van der Waals surface area contributed by atoms with Gasteiger partial charge in [0.25, 0.3) is 11.8 Å². The Morgan fingerprint density at radius 1 is 1.23 bits per heavy atom. The van der Waals surface area contributed by atoms with Crippen LogP contribution >= 0.6 is 10.8 Å². The van der Waals surface area contributed by atoms with Crippen LogP contribution in [-0.4, -0.2) is 55.3 Å². The van der Waals surface area contributed by atoms with Gasteiger partial charge in [0.2, 0.25) is 0 Å². The van der Waals surface area contributed by atoms with E-state index in [1.807, 2.05) is 0 Å². The van der Waals surface area contributed by atoms with E-state index in [-0.39, 0.29) is 65.9 Å². The monoisotopic (exact) mass is 513 g/mol. The van der Waals surface area contributed by atoms with Gasteiger partial charge in [-0.2, -0.15) is 0 Å². The average Bonchev–Trinajstić information content (AvgIpc) is 2.83. The molecule has 35 heavy (non-hydrogen) atoms. The molecular formula is C22H25FN5NaO5S. The molecule has 1 aromatic carbocycles. The number of amides is 2. The molecule has 0 radical (unpaired) electrons. The van der Waals surface area contributed by atoms with Crippen LogP contribution in [-0.2, 0) is 6.54 Å². The number of fused-ring (bicyclic) bond motifs is 1. The number of nitrogens with zero attached hydrogens (tertiary/aromatic N) is 3. The van der Waals surface area contributed by atoms with Crippen molar-refractivity contribution in [2.45, 2.75) is 19.4 Å². The Morgan fingerprint density at radius 2 is 2.00 bits per heavy atom. The molecule has 182 valence electrons. The van der Waals surface area contributed by atoms with Crippen LogP contribution in [0.2, 0.25) is 0 Å². The zero-order valence-electron chi connectivity index (χ0n) is 20.3. The van der Waals surface area contributed by atoms with Gasteiger partial charge in [-0.1, -0.05) is 6.07 Å². The number of carbonyl (C=O) groups is 2. The second kappa shape index (κ2) is 11.1. The van der Waals surface area contributed by atoms with Crippen molar-refractivity contribution in [3.8, 4) is 5.75 Å². The molecular weight excluding hydrogens is 488 g/mol. The van der Waals surface area contributed by atoms with Gasteiger partial charge in [-0.15, -0.1) is 10.8 Å². The summed E-state index contributed by atoms with van der Waals surface area (Å²) in [6, 6.07) is 6.86. The summed E-state index contributed by atoms with van der Waals surface area (Å²) in [6.07, 6.45) is 2.79. The molecule has 10 nitrogen and oxygen atoms in total. The van der Waals surface area contributed by atoms with Gasteiger partial charge in [-0.25, -0.2) is 9.37 Å². The normalized spacial score (nSPS) is 15.7. The molecule has 0 atom stereocenters. The first-order valence-corrected chi connectivity index (χ1v) is 12.2. The van der Waals surface area contributed by atoms with E-state index in [2.05, 4.69) is 20.6 Å². The molecule has 1 saturated heterocycles. The smallest absolute Gasteiger partial charge is 1.00 e. The van der Waals surface area contributed by atoms with E-state index < -0.39 is 34.2 Å². The van der Waals surface area contributed by atoms with Crippen LogP contribution in [0.15, 0.2) is 36.5 Å². The number of nitrogens with one attached hydrogen (secondary N) is 2. The summed E-state index contributed by atoms with van der Waals surface area (Å²) in [6.45, 7) is 0.174. The van der Waals surface area contributed by atoms with E-state index >= 15 is 0 Å². The Balaban J connectivity index is 0.00000228. The molecule has 3 heterocycles. The van der Waals surface area contributed by atoms with E-state index in [0.717, 1.165) is 6.07 Å². The van der Waals surface area contributed by atoms with E-state index in [4.69, 9.17) is 0 Å². The SMILES string of the molecule is CNC(=O)c1cc(F)ccc1CNC(=O)c1nc(N2CCCCS2(O)O)c2cccnc2c1O.[H-].[Na+]. The fraction of sp³-hybridized carbons (Fsp3) is 0.273. The predicted molar refractivity (Wildman–Crippen MR) is 128 cm³/mol. The molecule has 0 unspecified atom stereocenters. The molecule has 2 amide bonds. The third kappa shape index (κ3) is 5.52. The fourth-order valence-corrected chi connectivity index (χ4v) is 5.46. The summed E-state index contributed by atoms with van der Waals surface area (Å²) in [4.78, 5) is 33.6. The maximum absolute atomic E-state index is 13.6. The van der Waals surface area contributed by atoms with Crippen LogP contribution in [0.3, 0.4) is 0 Å². The van der Waals surface area contributed by atoms with Gasteiger partial charge in [0, 0.05) is 37.3 Å². The van der Waals surface area contributed by atoms with E-state index in [1.165, 1.54) is 29.7 Å². The first kappa shape index (κ1) is 27.1. The molecule has 0 bridgehead atoms. The number of aromatic hydroxyl groups is 1. The number of hydrogen-bond acceptors (Lipinski definition) is 8. The number of anilines is 1. The number of aromatic nitrogens is 2. The second-order valence-corrected chi connectivity index (χ2v) is 9.85. The summed E-state index contributed by atoms with van der Waals surface area (Å²) >= 11 is 0. The Hall–Kier alpha value is -2.48. The zero-order chi connectivity index (χ0) is 24.5. The molecule has 3 aromatic rings. The van der Waals surface area contributed by atoms with E-state index in [1.54, 1.807) is 12.1 Å². The van der Waals surface area contributed by atoms with E-state index in [0.29, 0.717) is 30.3 Å². The van der Waals surface area contributed by atoms with Crippen molar-refractivity contribution in [3.05, 3.63) is 59.2 Å². The van der Waals surface area contributed by atoms with Crippen molar-refractivity contribution in [2.75, 3.05) is 23.7 Å². The number of carbonyl (C=O) groups excluding carboxylic acids is 2. The van der Waals surface area contributed by atoms with Gasteiger partial charge in [0.15, 0.2) is 17.3 Å². The van der Waals surface area contributed by atoms with Crippen LogP contribution < -0.4 is 44.5 Å². The van der Waals surface area contributed by atoms with Crippen molar-refractivity contribution in [1.29, 1.82) is 0 Å². The van der Waals surface area contributed by atoms with Crippen molar-refractivity contribution < 1.29 is 59.2 Å². The molecule has 0 spiro atoms. The number of hydrogen-bond donors (Lipinski definition) is 5. The summed E-state index contributed by atoms with van der Waals surface area (Å²) in [5, 5.41) is 16.1. The van der Waals surface area contributed by atoms with Crippen LogP contribution in [0.4, 0.5) is 10.2 Å². The minimum atomic E-state index is -3.15. The second-order valence-electron chi connectivity index (χ2n) is 7.74. The molecule has 1 fully saturated rings. The largest absolute Gasteiger partial charge is 1.00 e. The van der Waals surface area contributed by atoms with Crippen LogP contribution in [0.25, 0.3) is 10.9 Å². The zero-order valence-corrected chi connectivity index (χ0v) is 22.1. The van der Waals surface area contributed by atoms with Crippen molar-refractivity contribution in [1.82, 2.24) is 20.6 Å². The van der Waals surface area contributed by atoms with Crippen LogP contribution in [0.1, 0.15) is 40.7 Å². The quantitative estimate of drug-likeness (QED) is 0.303. The number of rotatable bonds is 5. The molecule has 13 heteroatoms. The Bertz CT molecular complexity index is 1290. The number of pyridine rings is 2. The summed E-state index contributed by atoms with van der Waals surface area (Å²) in [7, 11) is -1.74. The molecule has 0 aliphatic carbocycles. The molecule has 0 saturated carbocycles. The van der Waals surface area contributed by atoms with Gasteiger partial charge in [-0.05, 0) is 42.7 Å². The van der Waals surface area contributed by atoms with Gasteiger partial charge < -0.3 is 17.2 Å². The molecule has 2 aromatic heterocycles. The van der Waals surface area contributed by atoms with Crippen LogP contribution in [0.5, 0.6) is 5.75 Å². The van der Waals surface area contributed by atoms with Crippen molar-refractivity contribution in [2.24, 2.45) is 0 Å². The summed E-state index contributed by atoms with van der Waals surface area (Å²) in [5.41, 5.74) is 0.151. The average molecular weight is 514 g/mol. The first-order chi connectivity index (χ1) is 16.2. The molecule has 1 aliphatic heterocycles. The standard InChI is InChI=1S/C22H24FN5O5S.Na.H/c1-24-21(30)16-11-14(23)7-6-13(16)12-26-22(31)18-19(29)17-15(5-4-8-25-17)20(27-18)28-9-2-3-10-34(28,32)33;;/h4-8,11,29,32-33H,2-3,9-10,12H2,1H3,(H,24,30)(H,26,31);;/q;+1;-1. The molecule has 4 rings (SSSR count). The van der Waals surface area contributed by atoms with Crippen molar-refractivity contribution in [3.63, 3.8) is 0 Å². The fourth-order valence-electron chi connectivity index (χ4n) is 3.81. The van der Waals surface area contributed by atoms with Gasteiger partial charge >= 0.3 is 29.6 Å². The van der Waals surface area contributed by atoms with Gasteiger partial charge in [0.05, 0.1) is 5.75 Å². The maximum atomic E-state index is 13.6. The Morgan fingerprint density at radius 3 is 2.71 bits per heavy atom. The Kier molecular flexibility index (Phi) is 8.57. The van der Waals surface area contributed by atoms with Gasteiger partial charge in [-0.3, -0.25) is 28.0 Å². The minimum absolute atomic E-state index is 0.